The number of carbonyl (C=O) groups excluding carboxylic acids is 1. The van der Waals surface area contributed by atoms with Crippen LogP contribution < -0.4 is 14.8 Å². The van der Waals surface area contributed by atoms with Gasteiger partial charge in [0.2, 0.25) is 0 Å². The molecule has 0 spiro atoms. The maximum Gasteiger partial charge on any atom is 0.256 e. The third kappa shape index (κ3) is 3.52. The number of ether oxygens (including phenoxy) is 2. The highest BCUT2D eigenvalue weighted by Gasteiger charge is 2.10. The fourth-order valence-electron chi connectivity index (χ4n) is 1.65. The van der Waals surface area contributed by atoms with Crippen molar-refractivity contribution in [3.05, 3.63) is 39.0 Å². The van der Waals surface area contributed by atoms with Gasteiger partial charge in [-0.15, -0.1) is 11.3 Å². The number of carbonyl (C=O) groups is 1. The lowest BCUT2D eigenvalue weighted by atomic mass is 10.2. The van der Waals surface area contributed by atoms with E-state index < -0.39 is 0 Å². The van der Waals surface area contributed by atoms with E-state index in [9.17, 15) is 4.79 Å². The standard InChI is InChI=1S/C14H14BrNO3S/c1-3-19-11-5-4-10(7-12(11)18-2)16-14(17)9-6-13(15)20-8-9/h4-8H,3H2,1-2H3,(H,16,17). The Morgan fingerprint density at radius 1 is 1.35 bits per heavy atom. The summed E-state index contributed by atoms with van der Waals surface area (Å²) >= 11 is 4.81. The maximum atomic E-state index is 12.0. The molecule has 0 bridgehead atoms. The monoisotopic (exact) mass is 355 g/mol. The van der Waals surface area contributed by atoms with E-state index in [0.29, 0.717) is 29.4 Å². The van der Waals surface area contributed by atoms with E-state index >= 15 is 0 Å². The summed E-state index contributed by atoms with van der Waals surface area (Å²) in [5, 5.41) is 4.62. The Bertz CT molecular complexity index is 612. The highest BCUT2D eigenvalue weighted by Crippen LogP contribution is 2.30. The Labute approximate surface area is 129 Å². The smallest absolute Gasteiger partial charge is 0.256 e. The first-order chi connectivity index (χ1) is 9.63. The lowest BCUT2D eigenvalue weighted by Gasteiger charge is -2.11. The van der Waals surface area contributed by atoms with Gasteiger partial charge in [0.15, 0.2) is 11.5 Å². The summed E-state index contributed by atoms with van der Waals surface area (Å²) in [7, 11) is 1.57. The van der Waals surface area contributed by atoms with Crippen molar-refractivity contribution in [1.82, 2.24) is 0 Å². The van der Waals surface area contributed by atoms with Crippen molar-refractivity contribution < 1.29 is 14.3 Å². The number of rotatable bonds is 5. The van der Waals surface area contributed by atoms with Crippen LogP contribution in [0.1, 0.15) is 17.3 Å². The molecule has 0 unspecified atom stereocenters. The van der Waals surface area contributed by atoms with Gasteiger partial charge in [0.05, 0.1) is 23.1 Å². The summed E-state index contributed by atoms with van der Waals surface area (Å²) < 4.78 is 11.6. The van der Waals surface area contributed by atoms with Crippen molar-refractivity contribution >= 4 is 38.9 Å². The highest BCUT2D eigenvalue weighted by molar-refractivity contribution is 9.11. The fraction of sp³-hybridized carbons (Fsp3) is 0.214. The van der Waals surface area contributed by atoms with Crippen molar-refractivity contribution in [3.63, 3.8) is 0 Å². The largest absolute Gasteiger partial charge is 0.493 e. The molecular formula is C14H14BrNO3S. The Hall–Kier alpha value is -1.53. The van der Waals surface area contributed by atoms with Crippen LogP contribution in [0.4, 0.5) is 5.69 Å². The zero-order valence-corrected chi connectivity index (χ0v) is 13.5. The Kier molecular flexibility index (Phi) is 5.03. The van der Waals surface area contributed by atoms with Crippen LogP contribution in [0.25, 0.3) is 0 Å². The van der Waals surface area contributed by atoms with Crippen LogP contribution in [-0.2, 0) is 0 Å². The van der Waals surface area contributed by atoms with E-state index in [0.717, 1.165) is 3.79 Å². The van der Waals surface area contributed by atoms with E-state index in [4.69, 9.17) is 9.47 Å². The topological polar surface area (TPSA) is 47.6 Å². The zero-order chi connectivity index (χ0) is 14.5. The van der Waals surface area contributed by atoms with Gasteiger partial charge >= 0.3 is 0 Å². The van der Waals surface area contributed by atoms with Gasteiger partial charge < -0.3 is 14.8 Å². The minimum absolute atomic E-state index is 0.154. The normalized spacial score (nSPS) is 10.2. The molecule has 20 heavy (non-hydrogen) atoms. The number of benzene rings is 1. The van der Waals surface area contributed by atoms with E-state index in [1.807, 2.05) is 6.92 Å². The van der Waals surface area contributed by atoms with Gasteiger partial charge in [-0.25, -0.2) is 0 Å². The minimum Gasteiger partial charge on any atom is -0.493 e. The van der Waals surface area contributed by atoms with Crippen LogP contribution in [0.2, 0.25) is 0 Å². The molecule has 0 aliphatic heterocycles. The van der Waals surface area contributed by atoms with E-state index in [2.05, 4.69) is 21.2 Å². The van der Waals surface area contributed by atoms with Crippen molar-refractivity contribution in [2.45, 2.75) is 6.92 Å². The number of anilines is 1. The third-order valence-electron chi connectivity index (χ3n) is 2.55. The molecule has 2 aromatic rings. The molecule has 0 aliphatic rings. The lowest BCUT2D eigenvalue weighted by Crippen LogP contribution is -2.11. The Morgan fingerprint density at radius 2 is 2.15 bits per heavy atom. The van der Waals surface area contributed by atoms with E-state index in [1.54, 1.807) is 36.8 Å². The highest BCUT2D eigenvalue weighted by atomic mass is 79.9. The third-order valence-corrected chi connectivity index (χ3v) is 4.06. The Morgan fingerprint density at radius 3 is 2.75 bits per heavy atom. The average molecular weight is 356 g/mol. The first-order valence-corrected chi connectivity index (χ1v) is 7.67. The summed E-state index contributed by atoms with van der Waals surface area (Å²) in [6.07, 6.45) is 0. The summed E-state index contributed by atoms with van der Waals surface area (Å²) in [6.45, 7) is 2.47. The zero-order valence-electron chi connectivity index (χ0n) is 11.1. The summed E-state index contributed by atoms with van der Waals surface area (Å²) in [5.74, 6) is 1.10. The number of thiophene rings is 1. The van der Waals surface area contributed by atoms with Gasteiger partial charge in [-0.2, -0.15) is 0 Å². The van der Waals surface area contributed by atoms with Gasteiger partial charge in [-0.1, -0.05) is 0 Å². The number of amides is 1. The molecule has 1 amide bonds. The van der Waals surface area contributed by atoms with Gasteiger partial charge in [-0.3, -0.25) is 4.79 Å². The molecule has 1 N–H and O–H groups in total. The second-order valence-corrected chi connectivity index (χ2v) is 6.18. The molecule has 0 fully saturated rings. The minimum atomic E-state index is -0.154. The van der Waals surface area contributed by atoms with Gasteiger partial charge in [-0.05, 0) is 41.1 Å². The number of hydrogen-bond acceptors (Lipinski definition) is 4. The van der Waals surface area contributed by atoms with Crippen molar-refractivity contribution in [2.75, 3.05) is 19.0 Å². The molecular weight excluding hydrogens is 342 g/mol. The van der Waals surface area contributed by atoms with Crippen LogP contribution >= 0.6 is 27.3 Å². The summed E-state index contributed by atoms with van der Waals surface area (Å²) in [6, 6.07) is 7.09. The molecule has 0 aliphatic carbocycles. The predicted octanol–water partition coefficient (Wildman–Crippen LogP) is 4.17. The molecule has 106 valence electrons. The van der Waals surface area contributed by atoms with Crippen LogP contribution in [0.5, 0.6) is 11.5 Å². The second-order valence-electron chi connectivity index (χ2n) is 3.89. The van der Waals surface area contributed by atoms with E-state index in [1.165, 1.54) is 11.3 Å². The number of nitrogens with one attached hydrogen (secondary N) is 1. The van der Waals surface area contributed by atoms with Gasteiger partial charge in [0.25, 0.3) is 5.91 Å². The number of hydrogen-bond donors (Lipinski definition) is 1. The number of halogens is 1. The van der Waals surface area contributed by atoms with E-state index in [-0.39, 0.29) is 5.91 Å². The first kappa shape index (κ1) is 14.9. The molecule has 2 rings (SSSR count). The molecule has 0 saturated carbocycles. The Balaban J connectivity index is 2.15. The summed E-state index contributed by atoms with van der Waals surface area (Å²) in [5.41, 5.74) is 1.28. The molecule has 1 aromatic carbocycles. The SMILES string of the molecule is CCOc1ccc(NC(=O)c2csc(Br)c2)cc1OC. The quantitative estimate of drug-likeness (QED) is 0.875. The van der Waals surface area contributed by atoms with Crippen molar-refractivity contribution in [2.24, 2.45) is 0 Å². The molecule has 1 heterocycles. The molecule has 0 radical (unpaired) electrons. The van der Waals surface area contributed by atoms with Crippen molar-refractivity contribution in [1.29, 1.82) is 0 Å². The van der Waals surface area contributed by atoms with Crippen molar-refractivity contribution in [3.8, 4) is 11.5 Å². The summed E-state index contributed by atoms with van der Waals surface area (Å²) in [4.78, 5) is 12.0. The van der Waals surface area contributed by atoms with Crippen LogP contribution in [-0.4, -0.2) is 19.6 Å². The van der Waals surface area contributed by atoms with Crippen LogP contribution in [0.3, 0.4) is 0 Å². The molecule has 6 heteroatoms. The maximum absolute atomic E-state index is 12.0. The molecule has 1 aromatic heterocycles. The molecule has 4 nitrogen and oxygen atoms in total. The predicted molar refractivity (Wildman–Crippen MR) is 84.1 cm³/mol. The van der Waals surface area contributed by atoms with Gasteiger partial charge in [0.1, 0.15) is 0 Å². The lowest BCUT2D eigenvalue weighted by molar-refractivity contribution is 0.102. The van der Waals surface area contributed by atoms with Crippen LogP contribution in [0, 0.1) is 0 Å². The van der Waals surface area contributed by atoms with Crippen LogP contribution in [0.15, 0.2) is 33.4 Å². The van der Waals surface area contributed by atoms with Gasteiger partial charge in [0, 0.05) is 17.1 Å². The molecule has 0 saturated heterocycles. The fourth-order valence-corrected chi connectivity index (χ4v) is 2.79. The molecule has 0 atom stereocenters. The number of methoxy groups -OCH3 is 1. The average Bonchev–Trinajstić information content (AvgIpc) is 2.87. The second kappa shape index (κ2) is 6.76. The first-order valence-electron chi connectivity index (χ1n) is 6.00.